The molecule has 0 saturated carbocycles. The molecule has 2 heteroatoms. The fourth-order valence-electron chi connectivity index (χ4n) is 2.54. The second kappa shape index (κ2) is 6.06. The summed E-state index contributed by atoms with van der Waals surface area (Å²) in [5.41, 5.74) is 1.45. The van der Waals surface area contributed by atoms with E-state index in [2.05, 4.69) is 39.1 Å². The van der Waals surface area contributed by atoms with E-state index in [9.17, 15) is 5.11 Å². The van der Waals surface area contributed by atoms with Crippen LogP contribution in [0.15, 0.2) is 24.3 Å². The average molecular weight is 235 g/mol. The molecule has 0 spiro atoms. The van der Waals surface area contributed by atoms with Crippen molar-refractivity contribution in [2.24, 2.45) is 5.41 Å². The highest BCUT2D eigenvalue weighted by molar-refractivity contribution is 5.27. The minimum atomic E-state index is 0.245. The Labute approximate surface area is 105 Å². The van der Waals surface area contributed by atoms with E-state index in [0.29, 0.717) is 11.8 Å². The third-order valence-electron chi connectivity index (χ3n) is 3.00. The lowest BCUT2D eigenvalue weighted by Gasteiger charge is -2.28. The van der Waals surface area contributed by atoms with Gasteiger partial charge < -0.3 is 10.4 Å². The SMILES string of the molecule is CCNC(C)CC(C)(C)Cc1cccc(O)c1. The zero-order chi connectivity index (χ0) is 12.9. The lowest BCUT2D eigenvalue weighted by molar-refractivity contribution is 0.288. The summed E-state index contributed by atoms with van der Waals surface area (Å²) >= 11 is 0. The zero-order valence-corrected chi connectivity index (χ0v) is 11.5. The summed E-state index contributed by atoms with van der Waals surface area (Å²) in [6.45, 7) is 9.95. The molecule has 0 bridgehead atoms. The highest BCUT2D eigenvalue weighted by atomic mass is 16.3. The van der Waals surface area contributed by atoms with Gasteiger partial charge in [0.15, 0.2) is 0 Å². The van der Waals surface area contributed by atoms with Crippen molar-refractivity contribution in [3.05, 3.63) is 29.8 Å². The van der Waals surface area contributed by atoms with Crippen LogP contribution >= 0.6 is 0 Å². The predicted molar refractivity (Wildman–Crippen MR) is 73.3 cm³/mol. The van der Waals surface area contributed by atoms with E-state index in [-0.39, 0.29) is 5.41 Å². The van der Waals surface area contributed by atoms with Crippen LogP contribution in [-0.4, -0.2) is 17.7 Å². The molecular formula is C15H25NO. The van der Waals surface area contributed by atoms with Crippen molar-refractivity contribution in [3.63, 3.8) is 0 Å². The van der Waals surface area contributed by atoms with E-state index in [4.69, 9.17) is 0 Å². The Morgan fingerprint density at radius 2 is 2.06 bits per heavy atom. The van der Waals surface area contributed by atoms with Crippen molar-refractivity contribution in [2.45, 2.75) is 46.6 Å². The van der Waals surface area contributed by atoms with Gasteiger partial charge in [0.1, 0.15) is 5.75 Å². The first-order valence-corrected chi connectivity index (χ1v) is 6.44. The summed E-state index contributed by atoms with van der Waals surface area (Å²) in [5, 5.41) is 12.9. The molecule has 0 aromatic heterocycles. The van der Waals surface area contributed by atoms with Crippen molar-refractivity contribution in [1.82, 2.24) is 5.32 Å². The predicted octanol–water partition coefficient (Wildman–Crippen LogP) is 3.35. The highest BCUT2D eigenvalue weighted by Gasteiger charge is 2.21. The van der Waals surface area contributed by atoms with Crippen LogP contribution in [0.4, 0.5) is 0 Å². The molecular weight excluding hydrogens is 210 g/mol. The van der Waals surface area contributed by atoms with Crippen LogP contribution in [0.5, 0.6) is 5.75 Å². The van der Waals surface area contributed by atoms with Gasteiger partial charge in [0.05, 0.1) is 0 Å². The lowest BCUT2D eigenvalue weighted by atomic mass is 9.80. The minimum absolute atomic E-state index is 0.245. The molecule has 2 N–H and O–H groups in total. The van der Waals surface area contributed by atoms with Gasteiger partial charge in [-0.25, -0.2) is 0 Å². The van der Waals surface area contributed by atoms with Crippen molar-refractivity contribution in [1.29, 1.82) is 0 Å². The maximum Gasteiger partial charge on any atom is 0.115 e. The molecule has 96 valence electrons. The number of benzene rings is 1. The first kappa shape index (κ1) is 14.0. The van der Waals surface area contributed by atoms with Crippen LogP contribution in [0, 0.1) is 5.41 Å². The molecule has 1 unspecified atom stereocenters. The van der Waals surface area contributed by atoms with Gasteiger partial charge in [-0.3, -0.25) is 0 Å². The van der Waals surface area contributed by atoms with Crippen molar-refractivity contribution >= 4 is 0 Å². The van der Waals surface area contributed by atoms with Gasteiger partial charge in [-0.15, -0.1) is 0 Å². The molecule has 1 aromatic carbocycles. The summed E-state index contributed by atoms with van der Waals surface area (Å²) < 4.78 is 0. The fourth-order valence-corrected chi connectivity index (χ4v) is 2.54. The summed E-state index contributed by atoms with van der Waals surface area (Å²) in [7, 11) is 0. The van der Waals surface area contributed by atoms with Crippen LogP contribution < -0.4 is 5.32 Å². The quantitative estimate of drug-likeness (QED) is 0.792. The van der Waals surface area contributed by atoms with Crippen LogP contribution in [0.2, 0.25) is 0 Å². The minimum Gasteiger partial charge on any atom is -0.508 e. The monoisotopic (exact) mass is 235 g/mol. The van der Waals surface area contributed by atoms with Gasteiger partial charge in [0.2, 0.25) is 0 Å². The Morgan fingerprint density at radius 3 is 2.65 bits per heavy atom. The van der Waals surface area contributed by atoms with Gasteiger partial charge in [0, 0.05) is 6.04 Å². The molecule has 2 nitrogen and oxygen atoms in total. The Bertz CT molecular complexity index is 347. The third kappa shape index (κ3) is 5.22. The third-order valence-corrected chi connectivity index (χ3v) is 3.00. The maximum absolute atomic E-state index is 9.46. The van der Waals surface area contributed by atoms with Crippen LogP contribution in [0.1, 0.15) is 39.7 Å². The molecule has 0 amide bonds. The van der Waals surface area contributed by atoms with E-state index < -0.39 is 0 Å². The molecule has 0 aliphatic rings. The number of phenolic OH excluding ortho intramolecular Hbond substituents is 1. The van der Waals surface area contributed by atoms with Crippen molar-refractivity contribution in [3.8, 4) is 5.75 Å². The molecule has 1 aromatic rings. The normalized spacial score (nSPS) is 13.6. The largest absolute Gasteiger partial charge is 0.508 e. The molecule has 0 aliphatic heterocycles. The molecule has 0 heterocycles. The lowest BCUT2D eigenvalue weighted by Crippen LogP contribution is -2.32. The number of aromatic hydroxyl groups is 1. The standard InChI is InChI=1S/C15H25NO/c1-5-16-12(2)10-15(3,4)11-13-7-6-8-14(17)9-13/h6-9,12,16-17H,5,10-11H2,1-4H3. The number of hydrogen-bond acceptors (Lipinski definition) is 2. The maximum atomic E-state index is 9.46. The van der Waals surface area contributed by atoms with Crippen molar-refractivity contribution < 1.29 is 5.11 Å². The Balaban J connectivity index is 2.59. The Morgan fingerprint density at radius 1 is 1.35 bits per heavy atom. The molecule has 1 atom stereocenters. The Kier molecular flexibility index (Phi) is 5.01. The van der Waals surface area contributed by atoms with E-state index in [0.717, 1.165) is 19.4 Å². The molecule has 0 radical (unpaired) electrons. The van der Waals surface area contributed by atoms with E-state index >= 15 is 0 Å². The van der Waals surface area contributed by atoms with E-state index in [1.807, 2.05) is 12.1 Å². The summed E-state index contributed by atoms with van der Waals surface area (Å²) in [4.78, 5) is 0. The second-order valence-electron chi connectivity index (χ2n) is 5.67. The van der Waals surface area contributed by atoms with E-state index in [1.54, 1.807) is 6.07 Å². The zero-order valence-electron chi connectivity index (χ0n) is 11.5. The summed E-state index contributed by atoms with van der Waals surface area (Å²) in [6.07, 6.45) is 2.13. The molecule has 0 aliphatic carbocycles. The number of nitrogens with one attached hydrogen (secondary N) is 1. The highest BCUT2D eigenvalue weighted by Crippen LogP contribution is 2.28. The molecule has 0 saturated heterocycles. The smallest absolute Gasteiger partial charge is 0.115 e. The number of rotatable bonds is 6. The van der Waals surface area contributed by atoms with Crippen LogP contribution in [0.25, 0.3) is 0 Å². The fraction of sp³-hybridized carbons (Fsp3) is 0.600. The van der Waals surface area contributed by atoms with E-state index in [1.165, 1.54) is 5.56 Å². The van der Waals surface area contributed by atoms with Gasteiger partial charge in [-0.1, -0.05) is 32.9 Å². The Hall–Kier alpha value is -1.02. The number of phenols is 1. The second-order valence-corrected chi connectivity index (χ2v) is 5.67. The first-order chi connectivity index (χ1) is 7.93. The molecule has 0 fully saturated rings. The van der Waals surface area contributed by atoms with Crippen LogP contribution in [0.3, 0.4) is 0 Å². The summed E-state index contributed by atoms with van der Waals surface area (Å²) in [6, 6.07) is 8.11. The molecule has 17 heavy (non-hydrogen) atoms. The van der Waals surface area contributed by atoms with Gasteiger partial charge in [-0.05, 0) is 49.4 Å². The van der Waals surface area contributed by atoms with Crippen molar-refractivity contribution in [2.75, 3.05) is 6.54 Å². The molecule has 1 rings (SSSR count). The summed E-state index contributed by atoms with van der Waals surface area (Å²) in [5.74, 6) is 0.359. The van der Waals surface area contributed by atoms with Gasteiger partial charge in [0.25, 0.3) is 0 Å². The number of hydrogen-bond donors (Lipinski definition) is 2. The first-order valence-electron chi connectivity index (χ1n) is 6.44. The van der Waals surface area contributed by atoms with Gasteiger partial charge >= 0.3 is 0 Å². The topological polar surface area (TPSA) is 32.3 Å². The average Bonchev–Trinajstić information content (AvgIpc) is 2.15. The van der Waals surface area contributed by atoms with Gasteiger partial charge in [-0.2, -0.15) is 0 Å². The van der Waals surface area contributed by atoms with Crippen LogP contribution in [-0.2, 0) is 6.42 Å².